The van der Waals surface area contributed by atoms with E-state index in [-0.39, 0.29) is 69.2 Å². The molecule has 0 saturated heterocycles. The first-order chi connectivity index (χ1) is 29.5. The van der Waals surface area contributed by atoms with E-state index in [9.17, 15) is 57.5 Å². The van der Waals surface area contributed by atoms with Crippen molar-refractivity contribution in [3.05, 3.63) is 0 Å². The molecule has 8 N–H and O–H groups in total. The molecule has 0 heterocycles. The van der Waals surface area contributed by atoms with Crippen LogP contribution < -0.4 is 42.5 Å². The summed E-state index contributed by atoms with van der Waals surface area (Å²) >= 11 is 0. The second-order valence-electron chi connectivity index (χ2n) is 17.2. The molecule has 4 aliphatic rings. The Balaban J connectivity index is 1.59. The first-order valence-corrected chi connectivity index (χ1v) is 21.6. The minimum Gasteiger partial charge on any atom is -0.351 e. The summed E-state index contributed by atoms with van der Waals surface area (Å²) < 4.78 is 0. The standard InChI is InChI=1S/C42H64N8O12/c1-24(44-38(59)31(43-23-55)9-5-13-51)35(56)48-32(10-6-14-52)39(60)45-25(2)36(57)49-33(11-7-15-53)40(61)46-26(3)37(58)50-34(12-8-16-54)41(62)47-27(4)42-20-28-17-29(21-42)19-30(18-28)22-42/h13-16,23-34H,5-12,17-22H2,1-4H3,(H,43,55)(H,44,59)(H,45,60)(H,46,61)(H,47,62)(H,48,56)(H,49,57)(H,50,58). The molecule has 8 atom stereocenters. The third kappa shape index (κ3) is 14.8. The highest BCUT2D eigenvalue weighted by atomic mass is 16.2. The summed E-state index contributed by atoms with van der Waals surface area (Å²) in [4.78, 5) is 148. The number of aldehydes is 4. The SMILES string of the molecule is CC(NC(=O)C(CCC=O)NC=O)C(=O)NC(CCC=O)C(=O)NC(C)C(=O)NC(CCC=O)C(=O)NC(C)C(=O)NC(CCC=O)C(=O)NC(C)C12CC3CC(CC(C3)C1)C2. The Morgan fingerprint density at radius 3 is 1.03 bits per heavy atom. The highest BCUT2D eigenvalue weighted by Crippen LogP contribution is 2.61. The molecule has 8 unspecified atom stereocenters. The van der Waals surface area contributed by atoms with Crippen molar-refractivity contribution in [1.29, 1.82) is 0 Å². The van der Waals surface area contributed by atoms with Crippen LogP contribution in [-0.2, 0) is 57.5 Å². The average Bonchev–Trinajstić information content (AvgIpc) is 3.22. The smallest absolute Gasteiger partial charge is 0.243 e. The predicted octanol–water partition coefficient (Wildman–Crippen LogP) is -1.29. The van der Waals surface area contributed by atoms with Gasteiger partial charge < -0.3 is 61.7 Å². The van der Waals surface area contributed by atoms with E-state index in [4.69, 9.17) is 0 Å². The van der Waals surface area contributed by atoms with Crippen molar-refractivity contribution in [3.63, 3.8) is 0 Å². The quantitative estimate of drug-likeness (QED) is 0.0408. The summed E-state index contributed by atoms with van der Waals surface area (Å²) in [5, 5.41) is 20.2. The van der Waals surface area contributed by atoms with Crippen molar-refractivity contribution in [2.75, 3.05) is 0 Å². The van der Waals surface area contributed by atoms with Gasteiger partial charge in [0, 0.05) is 31.7 Å². The summed E-state index contributed by atoms with van der Waals surface area (Å²) in [6, 6.07) is -8.78. The van der Waals surface area contributed by atoms with Gasteiger partial charge in [-0.1, -0.05) is 0 Å². The zero-order chi connectivity index (χ0) is 46.0. The van der Waals surface area contributed by atoms with Gasteiger partial charge in [0.05, 0.1) is 0 Å². The Kier molecular flexibility index (Phi) is 20.3. The molecule has 0 spiro atoms. The van der Waals surface area contributed by atoms with Gasteiger partial charge >= 0.3 is 0 Å². The van der Waals surface area contributed by atoms with E-state index >= 15 is 0 Å². The summed E-state index contributed by atoms with van der Waals surface area (Å²) in [6.45, 7) is 5.97. The fourth-order valence-electron chi connectivity index (χ4n) is 9.32. The maximum Gasteiger partial charge on any atom is 0.243 e. The van der Waals surface area contributed by atoms with Crippen LogP contribution in [0.4, 0.5) is 0 Å². The van der Waals surface area contributed by atoms with Gasteiger partial charge in [0.15, 0.2) is 0 Å². The van der Waals surface area contributed by atoms with Crippen LogP contribution in [0, 0.1) is 23.2 Å². The Labute approximate surface area is 361 Å². The van der Waals surface area contributed by atoms with Gasteiger partial charge in [0.1, 0.15) is 67.4 Å². The third-order valence-corrected chi connectivity index (χ3v) is 12.4. The molecular formula is C42H64N8O12. The van der Waals surface area contributed by atoms with Crippen molar-refractivity contribution >= 4 is 72.9 Å². The second-order valence-corrected chi connectivity index (χ2v) is 17.2. The highest BCUT2D eigenvalue weighted by Gasteiger charge is 2.53. The molecule has 62 heavy (non-hydrogen) atoms. The zero-order valence-electron chi connectivity index (χ0n) is 36.0. The number of hydrogen-bond acceptors (Lipinski definition) is 12. The second kappa shape index (κ2) is 24.8. The maximum atomic E-state index is 13.6. The van der Waals surface area contributed by atoms with Gasteiger partial charge in [0.2, 0.25) is 47.8 Å². The number of rotatable bonds is 29. The number of hydrogen-bond donors (Lipinski definition) is 8. The summed E-state index contributed by atoms with van der Waals surface area (Å²) in [7, 11) is 0. The lowest BCUT2D eigenvalue weighted by Gasteiger charge is -2.59. The largest absolute Gasteiger partial charge is 0.351 e. The molecule has 344 valence electrons. The molecule has 0 radical (unpaired) electrons. The summed E-state index contributed by atoms with van der Waals surface area (Å²) in [5.74, 6) is -3.34. The van der Waals surface area contributed by atoms with Crippen molar-refractivity contribution in [3.8, 4) is 0 Å². The number of carbonyl (C=O) groups excluding carboxylic acids is 12. The normalized spacial score (nSPS) is 23.5. The van der Waals surface area contributed by atoms with Gasteiger partial charge in [-0.25, -0.2) is 0 Å². The fraction of sp³-hybridized carbons (Fsp3) is 0.714. The monoisotopic (exact) mass is 872 g/mol. The van der Waals surface area contributed by atoms with E-state index in [1.165, 1.54) is 40.0 Å². The average molecular weight is 873 g/mol. The van der Waals surface area contributed by atoms with E-state index in [1.54, 1.807) is 0 Å². The van der Waals surface area contributed by atoms with E-state index < -0.39 is 83.6 Å². The van der Waals surface area contributed by atoms with E-state index in [0.29, 0.717) is 42.9 Å². The fourth-order valence-corrected chi connectivity index (χ4v) is 9.32. The molecule has 4 rings (SSSR count). The van der Waals surface area contributed by atoms with E-state index in [1.807, 2.05) is 6.92 Å². The summed E-state index contributed by atoms with van der Waals surface area (Å²) in [5.41, 5.74) is 0.000915. The molecule has 4 saturated carbocycles. The summed E-state index contributed by atoms with van der Waals surface area (Å²) in [6.07, 6.45) is 8.70. The van der Waals surface area contributed by atoms with Gasteiger partial charge in [-0.05, 0) is 115 Å². The molecule has 0 aliphatic heterocycles. The Hall–Kier alpha value is -5.56. The lowest BCUT2D eigenvalue weighted by Crippen LogP contribution is -2.60. The molecule has 20 nitrogen and oxygen atoms in total. The van der Waals surface area contributed by atoms with Crippen LogP contribution in [0.25, 0.3) is 0 Å². The van der Waals surface area contributed by atoms with E-state index in [2.05, 4.69) is 42.5 Å². The molecule has 4 fully saturated rings. The number of carbonyl (C=O) groups is 12. The van der Waals surface area contributed by atoms with Gasteiger partial charge in [-0.3, -0.25) is 38.4 Å². The van der Waals surface area contributed by atoms with Crippen LogP contribution in [0.1, 0.15) is 118 Å². The molecular weight excluding hydrogens is 809 g/mol. The van der Waals surface area contributed by atoms with Crippen LogP contribution in [0.5, 0.6) is 0 Å². The zero-order valence-corrected chi connectivity index (χ0v) is 36.0. The van der Waals surface area contributed by atoms with Gasteiger partial charge in [-0.15, -0.1) is 0 Å². The minimum atomic E-state index is -1.35. The third-order valence-electron chi connectivity index (χ3n) is 12.4. The Morgan fingerprint density at radius 1 is 0.435 bits per heavy atom. The van der Waals surface area contributed by atoms with Crippen molar-refractivity contribution in [2.24, 2.45) is 23.2 Å². The number of amides is 8. The van der Waals surface area contributed by atoms with Gasteiger partial charge in [0.25, 0.3) is 0 Å². The molecule has 20 heteroatoms. The molecule has 0 aromatic carbocycles. The van der Waals surface area contributed by atoms with Crippen LogP contribution in [-0.4, -0.2) is 121 Å². The van der Waals surface area contributed by atoms with Crippen molar-refractivity contribution in [2.45, 2.75) is 166 Å². The van der Waals surface area contributed by atoms with Gasteiger partial charge in [-0.2, -0.15) is 0 Å². The molecule has 4 bridgehead atoms. The van der Waals surface area contributed by atoms with Crippen molar-refractivity contribution in [1.82, 2.24) is 42.5 Å². The Morgan fingerprint density at radius 2 is 0.726 bits per heavy atom. The number of nitrogens with one attached hydrogen (secondary N) is 8. The molecule has 4 aliphatic carbocycles. The lowest BCUT2D eigenvalue weighted by atomic mass is 9.48. The van der Waals surface area contributed by atoms with Crippen LogP contribution in [0.2, 0.25) is 0 Å². The van der Waals surface area contributed by atoms with Crippen molar-refractivity contribution < 1.29 is 57.5 Å². The van der Waals surface area contributed by atoms with Crippen LogP contribution >= 0.6 is 0 Å². The molecule has 0 aromatic heterocycles. The highest BCUT2D eigenvalue weighted by molar-refractivity contribution is 5.97. The van der Waals surface area contributed by atoms with Crippen LogP contribution in [0.3, 0.4) is 0 Å². The molecule has 8 amide bonds. The van der Waals surface area contributed by atoms with E-state index in [0.717, 1.165) is 19.3 Å². The first-order valence-electron chi connectivity index (χ1n) is 21.6. The molecule has 0 aromatic rings. The lowest BCUT2D eigenvalue weighted by molar-refractivity contribution is -0.135. The first kappa shape index (κ1) is 50.8. The minimum absolute atomic E-state index is 0.000915. The predicted molar refractivity (Wildman–Crippen MR) is 221 cm³/mol. The topological polar surface area (TPSA) is 301 Å². The van der Waals surface area contributed by atoms with Crippen LogP contribution in [0.15, 0.2) is 0 Å². The maximum absolute atomic E-state index is 13.6. The Bertz CT molecular complexity index is 1620.